The first kappa shape index (κ1) is 7.34. The lowest BCUT2D eigenvalue weighted by atomic mass is 10.3. The van der Waals surface area contributed by atoms with Crippen molar-refractivity contribution < 1.29 is 4.79 Å². The molecule has 1 aromatic rings. The highest BCUT2D eigenvalue weighted by Gasteiger charge is 2.27. The lowest BCUT2D eigenvalue weighted by molar-refractivity contribution is 0.0879. The average Bonchev–Trinajstić information content (AvgIpc) is 2.80. The van der Waals surface area contributed by atoms with Crippen LogP contribution in [-0.2, 0) is 7.05 Å². The summed E-state index contributed by atoms with van der Waals surface area (Å²) in [6.07, 6.45) is 0. The molecule has 2 heterocycles. The number of nitrogens with zero attached hydrogens (tertiary/aromatic N) is 3. The van der Waals surface area contributed by atoms with Gasteiger partial charge < -0.3 is 4.90 Å². The molecule has 1 fully saturated rings. The monoisotopic (exact) mass is 165 g/mol. The first-order valence-corrected chi connectivity index (χ1v) is 3.98. The zero-order chi connectivity index (χ0) is 8.72. The Morgan fingerprint density at radius 2 is 2.25 bits per heavy atom. The summed E-state index contributed by atoms with van der Waals surface area (Å²) < 4.78 is 1.72. The minimum Gasteiger partial charge on any atom is -0.334 e. The normalized spacial score (nSPS) is 15.0. The Morgan fingerprint density at radius 3 is 2.67 bits per heavy atom. The molecule has 1 aromatic heterocycles. The van der Waals surface area contributed by atoms with E-state index in [1.54, 1.807) is 9.58 Å². The van der Waals surface area contributed by atoms with E-state index in [2.05, 4.69) is 5.10 Å². The number of hydrogen-bond acceptors (Lipinski definition) is 2. The fourth-order valence-corrected chi connectivity index (χ4v) is 1.08. The van der Waals surface area contributed by atoms with Crippen LogP contribution in [0.25, 0.3) is 0 Å². The van der Waals surface area contributed by atoms with E-state index in [9.17, 15) is 4.79 Å². The first-order valence-electron chi connectivity index (χ1n) is 3.98. The van der Waals surface area contributed by atoms with Crippen molar-refractivity contribution in [2.45, 2.75) is 6.92 Å². The SMILES string of the molecule is Cc1cc(C(=O)N2CC2)nn1C. The van der Waals surface area contributed by atoms with Crippen LogP contribution in [-0.4, -0.2) is 33.7 Å². The maximum absolute atomic E-state index is 11.4. The molecule has 0 atom stereocenters. The molecule has 0 radical (unpaired) electrons. The molecule has 0 saturated carbocycles. The molecule has 1 aliphatic rings. The molecule has 0 aromatic carbocycles. The van der Waals surface area contributed by atoms with Crippen molar-refractivity contribution >= 4 is 5.91 Å². The summed E-state index contributed by atoms with van der Waals surface area (Å²) >= 11 is 0. The Bertz CT molecular complexity index is 306. The van der Waals surface area contributed by atoms with Crippen molar-refractivity contribution in [3.05, 3.63) is 17.5 Å². The molecular formula is C8H11N3O. The largest absolute Gasteiger partial charge is 0.334 e. The fourth-order valence-electron chi connectivity index (χ4n) is 1.08. The summed E-state index contributed by atoms with van der Waals surface area (Å²) in [5.41, 5.74) is 1.58. The van der Waals surface area contributed by atoms with Crippen LogP contribution in [0.4, 0.5) is 0 Å². The molecule has 0 aliphatic carbocycles. The van der Waals surface area contributed by atoms with Crippen molar-refractivity contribution in [2.75, 3.05) is 13.1 Å². The lowest BCUT2D eigenvalue weighted by Gasteiger charge is -1.94. The van der Waals surface area contributed by atoms with Gasteiger partial charge in [0.15, 0.2) is 5.69 Å². The van der Waals surface area contributed by atoms with E-state index in [4.69, 9.17) is 0 Å². The number of aryl methyl sites for hydroxylation is 2. The molecule has 0 bridgehead atoms. The minimum absolute atomic E-state index is 0.0544. The summed E-state index contributed by atoms with van der Waals surface area (Å²) in [6, 6.07) is 1.82. The quantitative estimate of drug-likeness (QED) is 0.557. The molecular weight excluding hydrogens is 154 g/mol. The van der Waals surface area contributed by atoms with Crippen LogP contribution in [0.1, 0.15) is 16.2 Å². The van der Waals surface area contributed by atoms with Crippen LogP contribution in [0.3, 0.4) is 0 Å². The molecule has 64 valence electrons. The van der Waals surface area contributed by atoms with E-state index in [1.807, 2.05) is 20.0 Å². The molecule has 4 heteroatoms. The Morgan fingerprint density at radius 1 is 1.58 bits per heavy atom. The summed E-state index contributed by atoms with van der Waals surface area (Å²) in [5.74, 6) is 0.0544. The summed E-state index contributed by atoms with van der Waals surface area (Å²) in [7, 11) is 1.84. The van der Waals surface area contributed by atoms with Crippen LogP contribution >= 0.6 is 0 Å². The standard InChI is InChI=1S/C8H11N3O/c1-6-5-7(9-10(6)2)8(12)11-3-4-11/h5H,3-4H2,1-2H3. The van der Waals surface area contributed by atoms with Gasteiger partial charge in [-0.15, -0.1) is 0 Å². The third kappa shape index (κ3) is 1.09. The number of hydrogen-bond donors (Lipinski definition) is 0. The Labute approximate surface area is 70.8 Å². The van der Waals surface area contributed by atoms with Crippen LogP contribution in [0.2, 0.25) is 0 Å². The number of amides is 1. The predicted molar refractivity (Wildman–Crippen MR) is 43.8 cm³/mol. The topological polar surface area (TPSA) is 37.9 Å². The van der Waals surface area contributed by atoms with Gasteiger partial charge in [0.1, 0.15) is 0 Å². The van der Waals surface area contributed by atoms with Gasteiger partial charge in [0, 0.05) is 25.8 Å². The smallest absolute Gasteiger partial charge is 0.274 e. The lowest BCUT2D eigenvalue weighted by Crippen LogP contribution is -2.11. The minimum atomic E-state index is 0.0544. The van der Waals surface area contributed by atoms with Gasteiger partial charge in [0.2, 0.25) is 0 Å². The highest BCUT2D eigenvalue weighted by atomic mass is 16.2. The number of rotatable bonds is 1. The molecule has 1 aliphatic heterocycles. The summed E-state index contributed by atoms with van der Waals surface area (Å²) in [6.45, 7) is 3.70. The second kappa shape index (κ2) is 2.33. The second-order valence-corrected chi connectivity index (χ2v) is 3.09. The van der Waals surface area contributed by atoms with Crippen molar-refractivity contribution in [2.24, 2.45) is 7.05 Å². The van der Waals surface area contributed by atoms with E-state index in [0.717, 1.165) is 18.8 Å². The number of carbonyl (C=O) groups is 1. The Kier molecular flexibility index (Phi) is 1.43. The molecule has 4 nitrogen and oxygen atoms in total. The highest BCUT2D eigenvalue weighted by molar-refractivity contribution is 5.93. The second-order valence-electron chi connectivity index (χ2n) is 3.09. The molecule has 2 rings (SSSR count). The molecule has 0 N–H and O–H groups in total. The summed E-state index contributed by atoms with van der Waals surface area (Å²) in [4.78, 5) is 13.2. The van der Waals surface area contributed by atoms with Crippen molar-refractivity contribution in [3.8, 4) is 0 Å². The zero-order valence-electron chi connectivity index (χ0n) is 7.24. The van der Waals surface area contributed by atoms with Crippen LogP contribution in [0.5, 0.6) is 0 Å². The van der Waals surface area contributed by atoms with Gasteiger partial charge in [0.25, 0.3) is 5.91 Å². The van der Waals surface area contributed by atoms with Gasteiger partial charge in [-0.3, -0.25) is 9.48 Å². The fraction of sp³-hybridized carbons (Fsp3) is 0.500. The van der Waals surface area contributed by atoms with E-state index in [-0.39, 0.29) is 5.91 Å². The van der Waals surface area contributed by atoms with Gasteiger partial charge in [-0.2, -0.15) is 5.10 Å². The first-order chi connectivity index (χ1) is 5.68. The van der Waals surface area contributed by atoms with E-state index in [0.29, 0.717) is 5.69 Å². The van der Waals surface area contributed by atoms with Gasteiger partial charge >= 0.3 is 0 Å². The number of carbonyl (C=O) groups excluding carboxylic acids is 1. The zero-order valence-corrected chi connectivity index (χ0v) is 7.24. The van der Waals surface area contributed by atoms with Crippen LogP contribution < -0.4 is 0 Å². The predicted octanol–water partition coefficient (Wildman–Crippen LogP) is 0.184. The molecule has 0 unspecified atom stereocenters. The van der Waals surface area contributed by atoms with E-state index < -0.39 is 0 Å². The Hall–Kier alpha value is -1.32. The molecule has 12 heavy (non-hydrogen) atoms. The van der Waals surface area contributed by atoms with Crippen molar-refractivity contribution in [1.29, 1.82) is 0 Å². The van der Waals surface area contributed by atoms with Crippen molar-refractivity contribution in [3.63, 3.8) is 0 Å². The third-order valence-corrected chi connectivity index (χ3v) is 2.07. The third-order valence-electron chi connectivity index (χ3n) is 2.07. The Balaban J connectivity index is 2.27. The van der Waals surface area contributed by atoms with Crippen LogP contribution in [0.15, 0.2) is 6.07 Å². The van der Waals surface area contributed by atoms with E-state index in [1.165, 1.54) is 0 Å². The van der Waals surface area contributed by atoms with Gasteiger partial charge in [-0.25, -0.2) is 0 Å². The summed E-state index contributed by atoms with van der Waals surface area (Å²) in [5, 5.41) is 4.10. The molecule has 0 spiro atoms. The van der Waals surface area contributed by atoms with Crippen LogP contribution in [0, 0.1) is 6.92 Å². The maximum Gasteiger partial charge on any atom is 0.274 e. The van der Waals surface area contributed by atoms with E-state index >= 15 is 0 Å². The van der Waals surface area contributed by atoms with Gasteiger partial charge in [-0.05, 0) is 13.0 Å². The average molecular weight is 165 g/mol. The van der Waals surface area contributed by atoms with Gasteiger partial charge in [-0.1, -0.05) is 0 Å². The molecule has 1 amide bonds. The maximum atomic E-state index is 11.4. The van der Waals surface area contributed by atoms with Gasteiger partial charge in [0.05, 0.1) is 0 Å². The molecule has 1 saturated heterocycles. The van der Waals surface area contributed by atoms with Crippen molar-refractivity contribution in [1.82, 2.24) is 14.7 Å². The highest BCUT2D eigenvalue weighted by Crippen LogP contribution is 2.11. The number of aromatic nitrogens is 2.